The molecule has 0 saturated heterocycles. The Morgan fingerprint density at radius 2 is 1.83 bits per heavy atom. The number of aromatic hydroxyl groups is 1. The third kappa shape index (κ3) is 3.74. The summed E-state index contributed by atoms with van der Waals surface area (Å²) in [5.74, 6) is -0.303. The molecule has 2 rings (SSSR count). The molecule has 0 aromatic heterocycles. The van der Waals surface area contributed by atoms with Crippen molar-refractivity contribution in [3.8, 4) is 5.75 Å². The van der Waals surface area contributed by atoms with Crippen LogP contribution in [0.1, 0.15) is 22.8 Å². The van der Waals surface area contributed by atoms with Gasteiger partial charge in [-0.2, -0.15) is 0 Å². The van der Waals surface area contributed by atoms with Crippen LogP contribution in [-0.2, 0) is 4.74 Å². The molecule has 2 N–H and O–H groups in total. The van der Waals surface area contributed by atoms with E-state index in [1.807, 2.05) is 43.3 Å². The number of esters is 1. The van der Waals surface area contributed by atoms with Crippen LogP contribution < -0.4 is 10.2 Å². The Morgan fingerprint density at radius 1 is 1.17 bits per heavy atom. The summed E-state index contributed by atoms with van der Waals surface area (Å²) in [6, 6.07) is 10.9. The predicted octanol–water partition coefficient (Wildman–Crippen LogP) is 3.69. The lowest BCUT2D eigenvalue weighted by molar-refractivity contribution is 0.0525. The molecular formula is C18H22N2O3. The number of hydrogen-bond donors (Lipinski definition) is 2. The molecule has 0 bridgehead atoms. The van der Waals surface area contributed by atoms with Gasteiger partial charge in [0.2, 0.25) is 0 Å². The van der Waals surface area contributed by atoms with Crippen molar-refractivity contribution in [2.75, 3.05) is 30.9 Å². The molecule has 0 heterocycles. The van der Waals surface area contributed by atoms with Crippen LogP contribution in [0.25, 0.3) is 0 Å². The molecule has 0 atom stereocenters. The second kappa shape index (κ2) is 7.05. The number of phenolic OH excluding ortho intramolecular Hbond substituents is 1. The monoisotopic (exact) mass is 314 g/mol. The van der Waals surface area contributed by atoms with Gasteiger partial charge in [0.05, 0.1) is 17.9 Å². The molecule has 0 unspecified atom stereocenters. The van der Waals surface area contributed by atoms with Gasteiger partial charge in [-0.15, -0.1) is 0 Å². The van der Waals surface area contributed by atoms with Crippen LogP contribution in [0, 0.1) is 6.92 Å². The smallest absolute Gasteiger partial charge is 0.338 e. The zero-order valence-corrected chi connectivity index (χ0v) is 13.9. The van der Waals surface area contributed by atoms with Gasteiger partial charge in [-0.25, -0.2) is 4.79 Å². The topological polar surface area (TPSA) is 61.8 Å². The molecular weight excluding hydrogens is 292 g/mol. The van der Waals surface area contributed by atoms with Gasteiger partial charge < -0.3 is 20.1 Å². The molecule has 0 saturated carbocycles. The lowest BCUT2D eigenvalue weighted by Gasteiger charge is -2.16. The van der Waals surface area contributed by atoms with Crippen molar-refractivity contribution in [3.05, 3.63) is 47.5 Å². The van der Waals surface area contributed by atoms with Crippen molar-refractivity contribution in [3.63, 3.8) is 0 Å². The third-order valence-electron chi connectivity index (χ3n) is 3.59. The summed E-state index contributed by atoms with van der Waals surface area (Å²) in [4.78, 5) is 14.0. The molecule has 23 heavy (non-hydrogen) atoms. The second-order valence-electron chi connectivity index (χ2n) is 5.42. The van der Waals surface area contributed by atoms with E-state index < -0.39 is 5.97 Å². The quantitative estimate of drug-likeness (QED) is 0.651. The molecule has 2 aromatic carbocycles. The van der Waals surface area contributed by atoms with Gasteiger partial charge in [-0.1, -0.05) is 0 Å². The van der Waals surface area contributed by atoms with Crippen molar-refractivity contribution in [2.45, 2.75) is 13.8 Å². The molecule has 5 nitrogen and oxygen atoms in total. The summed E-state index contributed by atoms with van der Waals surface area (Å²) < 4.78 is 5.04. The lowest BCUT2D eigenvalue weighted by Crippen LogP contribution is -2.09. The number of nitrogens with zero attached hydrogens (tertiary/aromatic N) is 1. The van der Waals surface area contributed by atoms with Crippen LogP contribution in [-0.4, -0.2) is 31.8 Å². The molecule has 2 aromatic rings. The van der Waals surface area contributed by atoms with E-state index in [1.54, 1.807) is 19.9 Å². The first-order valence-corrected chi connectivity index (χ1v) is 7.48. The Balaban J connectivity index is 2.31. The van der Waals surface area contributed by atoms with E-state index >= 15 is 0 Å². The number of rotatable bonds is 5. The van der Waals surface area contributed by atoms with E-state index in [4.69, 9.17) is 4.74 Å². The average molecular weight is 314 g/mol. The Bertz CT molecular complexity index is 694. The van der Waals surface area contributed by atoms with E-state index in [9.17, 15) is 9.90 Å². The summed E-state index contributed by atoms with van der Waals surface area (Å²) in [5, 5.41) is 13.3. The van der Waals surface area contributed by atoms with E-state index in [2.05, 4.69) is 5.32 Å². The summed E-state index contributed by atoms with van der Waals surface area (Å²) in [6.45, 7) is 3.86. The zero-order valence-electron chi connectivity index (χ0n) is 13.9. The van der Waals surface area contributed by atoms with Crippen molar-refractivity contribution < 1.29 is 14.6 Å². The van der Waals surface area contributed by atoms with E-state index in [1.165, 1.54) is 6.07 Å². The number of ether oxygens (including phenoxy) is 1. The first kappa shape index (κ1) is 16.7. The Kier molecular flexibility index (Phi) is 5.11. The highest BCUT2D eigenvalue weighted by atomic mass is 16.5. The largest absolute Gasteiger partial charge is 0.506 e. The molecule has 0 aliphatic heterocycles. The molecule has 0 aliphatic rings. The van der Waals surface area contributed by atoms with Gasteiger partial charge >= 0.3 is 5.97 Å². The molecule has 0 aliphatic carbocycles. The van der Waals surface area contributed by atoms with E-state index in [0.29, 0.717) is 23.4 Å². The third-order valence-corrected chi connectivity index (χ3v) is 3.59. The first-order valence-electron chi connectivity index (χ1n) is 7.48. The minimum absolute atomic E-state index is 0.0900. The number of phenols is 1. The van der Waals surface area contributed by atoms with Gasteiger partial charge in [0.15, 0.2) is 0 Å². The highest BCUT2D eigenvalue weighted by Gasteiger charge is 2.16. The van der Waals surface area contributed by atoms with Crippen LogP contribution in [0.2, 0.25) is 0 Å². The lowest BCUT2D eigenvalue weighted by atomic mass is 10.1. The second-order valence-corrected chi connectivity index (χ2v) is 5.42. The number of carbonyl (C=O) groups is 1. The highest BCUT2D eigenvalue weighted by Crippen LogP contribution is 2.33. The SMILES string of the molecule is CCOC(=O)c1ccc(O)c(Nc2ccc(N(C)C)cc2)c1C. The minimum atomic E-state index is -0.393. The Morgan fingerprint density at radius 3 is 2.39 bits per heavy atom. The molecule has 5 heteroatoms. The predicted molar refractivity (Wildman–Crippen MR) is 92.9 cm³/mol. The fraction of sp³-hybridized carbons (Fsp3) is 0.278. The van der Waals surface area contributed by atoms with Crippen molar-refractivity contribution in [2.24, 2.45) is 0 Å². The Hall–Kier alpha value is -2.69. The maximum absolute atomic E-state index is 12.0. The molecule has 122 valence electrons. The number of nitrogens with one attached hydrogen (secondary N) is 1. The minimum Gasteiger partial charge on any atom is -0.506 e. The Labute approximate surface area is 136 Å². The highest BCUT2D eigenvalue weighted by molar-refractivity contribution is 5.94. The number of anilines is 3. The zero-order chi connectivity index (χ0) is 17.0. The van der Waals surface area contributed by atoms with Crippen LogP contribution >= 0.6 is 0 Å². The number of benzene rings is 2. The molecule has 0 radical (unpaired) electrons. The van der Waals surface area contributed by atoms with Crippen LogP contribution in [0.4, 0.5) is 17.1 Å². The maximum Gasteiger partial charge on any atom is 0.338 e. The van der Waals surface area contributed by atoms with Gasteiger partial charge in [0, 0.05) is 25.5 Å². The molecule has 0 amide bonds. The standard InChI is InChI=1S/C18H22N2O3/c1-5-23-18(22)15-10-11-16(21)17(12(15)2)19-13-6-8-14(9-7-13)20(3)4/h6-11,19,21H,5H2,1-4H3. The molecule has 0 spiro atoms. The summed E-state index contributed by atoms with van der Waals surface area (Å²) in [6.07, 6.45) is 0. The fourth-order valence-corrected chi connectivity index (χ4v) is 2.27. The normalized spacial score (nSPS) is 10.3. The van der Waals surface area contributed by atoms with Crippen LogP contribution in [0.3, 0.4) is 0 Å². The van der Waals surface area contributed by atoms with Gasteiger partial charge in [-0.3, -0.25) is 0 Å². The van der Waals surface area contributed by atoms with Gasteiger partial charge in [-0.05, 0) is 55.8 Å². The van der Waals surface area contributed by atoms with Crippen LogP contribution in [0.15, 0.2) is 36.4 Å². The maximum atomic E-state index is 12.0. The van der Waals surface area contributed by atoms with Crippen LogP contribution in [0.5, 0.6) is 5.75 Å². The van der Waals surface area contributed by atoms with Gasteiger partial charge in [0.25, 0.3) is 0 Å². The van der Waals surface area contributed by atoms with Crippen molar-refractivity contribution in [1.82, 2.24) is 0 Å². The summed E-state index contributed by atoms with van der Waals surface area (Å²) in [5.41, 5.74) is 3.51. The molecule has 0 fully saturated rings. The van der Waals surface area contributed by atoms with Gasteiger partial charge in [0.1, 0.15) is 5.75 Å². The first-order chi connectivity index (χ1) is 10.9. The fourth-order valence-electron chi connectivity index (χ4n) is 2.27. The summed E-state index contributed by atoms with van der Waals surface area (Å²) in [7, 11) is 3.95. The number of carbonyl (C=O) groups excluding carboxylic acids is 1. The van der Waals surface area contributed by atoms with Crippen molar-refractivity contribution >= 4 is 23.0 Å². The number of hydrogen-bond acceptors (Lipinski definition) is 5. The van der Waals surface area contributed by atoms with E-state index in [-0.39, 0.29) is 5.75 Å². The summed E-state index contributed by atoms with van der Waals surface area (Å²) >= 11 is 0. The average Bonchev–Trinajstić information content (AvgIpc) is 2.52. The van der Waals surface area contributed by atoms with E-state index in [0.717, 1.165) is 11.4 Å². The van der Waals surface area contributed by atoms with Crippen molar-refractivity contribution in [1.29, 1.82) is 0 Å².